The van der Waals surface area contributed by atoms with Crippen LogP contribution in [0.5, 0.6) is 0 Å². The van der Waals surface area contributed by atoms with Crippen molar-refractivity contribution in [1.29, 1.82) is 0 Å². The number of anilines is 1. The topological polar surface area (TPSA) is 135 Å². The molecule has 2 aromatic heterocycles. The minimum absolute atomic E-state index is 0.0876. The van der Waals surface area contributed by atoms with Gasteiger partial charge in [-0.05, 0) is 73.9 Å². The molecule has 0 saturated heterocycles. The first-order valence-electron chi connectivity index (χ1n) is 13.5. The van der Waals surface area contributed by atoms with Crippen LogP contribution in [0.1, 0.15) is 50.3 Å². The first-order valence-corrected chi connectivity index (χ1v) is 14.9. The van der Waals surface area contributed by atoms with E-state index in [1.54, 1.807) is 20.8 Å². The Morgan fingerprint density at radius 1 is 0.951 bits per heavy atom. The van der Waals surface area contributed by atoms with Crippen LogP contribution in [0.2, 0.25) is 0 Å². The molecule has 0 aliphatic carbocycles. The molecule has 0 saturated carbocycles. The van der Waals surface area contributed by atoms with Gasteiger partial charge in [0.1, 0.15) is 11.3 Å². The number of pyridine rings is 1. The molecule has 0 bridgehead atoms. The van der Waals surface area contributed by atoms with Crippen molar-refractivity contribution in [2.45, 2.75) is 59.3 Å². The Kier molecular flexibility index (Phi) is 8.48. The van der Waals surface area contributed by atoms with E-state index >= 15 is 0 Å². The molecular weight excluding hydrogens is 540 g/mol. The quantitative estimate of drug-likeness (QED) is 0.275. The predicted octanol–water partition coefficient (Wildman–Crippen LogP) is 4.81. The summed E-state index contributed by atoms with van der Waals surface area (Å²) in [5, 5.41) is 5.33. The Hall–Kier alpha value is -4.25. The van der Waals surface area contributed by atoms with E-state index in [9.17, 15) is 18.0 Å². The number of hydrogen-bond donors (Lipinski definition) is 3. The fourth-order valence-electron chi connectivity index (χ4n) is 4.30. The summed E-state index contributed by atoms with van der Waals surface area (Å²) in [6.45, 7) is 11.7. The van der Waals surface area contributed by atoms with Gasteiger partial charge >= 0.3 is 6.03 Å². The lowest BCUT2D eigenvalue weighted by Crippen LogP contribution is -2.40. The lowest BCUT2D eigenvalue weighted by Gasteiger charge is -2.17. The highest BCUT2D eigenvalue weighted by atomic mass is 32.2. The normalized spacial score (nSPS) is 11.9. The zero-order valence-corrected chi connectivity index (χ0v) is 25.0. The number of hydrogen-bond acceptors (Lipinski definition) is 6. The monoisotopic (exact) mass is 576 g/mol. The number of amides is 3. The number of rotatable bonds is 8. The summed E-state index contributed by atoms with van der Waals surface area (Å²) in [4.78, 5) is 33.9. The molecule has 0 unspecified atom stereocenters. The van der Waals surface area contributed by atoms with Gasteiger partial charge in [-0.1, -0.05) is 39.8 Å². The van der Waals surface area contributed by atoms with Gasteiger partial charge in [0.05, 0.1) is 4.90 Å². The van der Waals surface area contributed by atoms with E-state index in [4.69, 9.17) is 9.97 Å². The Morgan fingerprint density at radius 2 is 1.61 bits per heavy atom. The van der Waals surface area contributed by atoms with Crippen LogP contribution in [0.4, 0.5) is 10.5 Å². The molecule has 0 aliphatic rings. The molecule has 216 valence electrons. The van der Waals surface area contributed by atoms with Gasteiger partial charge < -0.3 is 10.6 Å². The number of nitrogens with one attached hydrogen (secondary N) is 3. The van der Waals surface area contributed by atoms with Crippen LogP contribution in [0.3, 0.4) is 0 Å². The fraction of sp³-hybridized carbons (Fsp3) is 0.333. The van der Waals surface area contributed by atoms with Crippen LogP contribution in [-0.4, -0.2) is 41.4 Å². The van der Waals surface area contributed by atoms with E-state index in [-0.39, 0.29) is 17.3 Å². The third-order valence-electron chi connectivity index (χ3n) is 6.54. The number of imidazole rings is 1. The highest BCUT2D eigenvalue weighted by Crippen LogP contribution is 2.24. The van der Waals surface area contributed by atoms with Crippen LogP contribution in [0, 0.1) is 19.3 Å². The van der Waals surface area contributed by atoms with Crippen LogP contribution >= 0.6 is 0 Å². The lowest BCUT2D eigenvalue weighted by molar-refractivity contribution is -0.123. The second-order valence-electron chi connectivity index (χ2n) is 11.0. The minimum Gasteiger partial charge on any atom is -0.337 e. The van der Waals surface area contributed by atoms with E-state index < -0.39 is 21.5 Å². The zero-order valence-electron chi connectivity index (χ0n) is 24.2. The van der Waals surface area contributed by atoms with Gasteiger partial charge in [-0.3, -0.25) is 9.36 Å². The Labute approximate surface area is 240 Å². The second-order valence-corrected chi connectivity index (χ2v) is 12.7. The second kappa shape index (κ2) is 11.7. The third-order valence-corrected chi connectivity index (χ3v) is 7.89. The van der Waals surface area contributed by atoms with Crippen molar-refractivity contribution in [2.24, 2.45) is 5.41 Å². The molecule has 0 aliphatic heterocycles. The summed E-state index contributed by atoms with van der Waals surface area (Å²) >= 11 is 0. The number of nitrogens with zero attached hydrogens (tertiary/aromatic N) is 3. The number of aryl methyl sites for hydroxylation is 3. The van der Waals surface area contributed by atoms with E-state index in [0.29, 0.717) is 12.1 Å². The van der Waals surface area contributed by atoms with Crippen molar-refractivity contribution in [2.75, 3.05) is 11.9 Å². The molecule has 2 heterocycles. The molecule has 0 atom stereocenters. The van der Waals surface area contributed by atoms with E-state index in [1.165, 1.54) is 24.3 Å². The highest BCUT2D eigenvalue weighted by molar-refractivity contribution is 7.90. The smallest absolute Gasteiger partial charge is 0.328 e. The molecule has 11 heteroatoms. The van der Waals surface area contributed by atoms with Crippen LogP contribution in [-0.2, 0) is 27.7 Å². The summed E-state index contributed by atoms with van der Waals surface area (Å²) < 4.78 is 29.4. The zero-order chi connectivity index (χ0) is 29.9. The van der Waals surface area contributed by atoms with Gasteiger partial charge in [0.15, 0.2) is 5.65 Å². The maximum absolute atomic E-state index is 12.6. The predicted molar refractivity (Wildman–Crippen MR) is 160 cm³/mol. The number of benzene rings is 2. The van der Waals surface area contributed by atoms with Gasteiger partial charge in [0, 0.05) is 35.4 Å². The van der Waals surface area contributed by atoms with Crippen LogP contribution in [0.15, 0.2) is 59.5 Å². The average molecular weight is 577 g/mol. The maximum atomic E-state index is 12.6. The number of fused-ring (bicyclic) bond motifs is 1. The molecule has 41 heavy (non-hydrogen) atoms. The number of aromatic nitrogens is 3. The fourth-order valence-corrected chi connectivity index (χ4v) is 5.23. The Balaban J connectivity index is 1.34. The Morgan fingerprint density at radius 3 is 2.22 bits per heavy atom. The molecule has 0 radical (unpaired) electrons. The largest absolute Gasteiger partial charge is 0.337 e. The maximum Gasteiger partial charge on any atom is 0.328 e. The van der Waals surface area contributed by atoms with E-state index in [2.05, 4.69) is 22.1 Å². The first-order chi connectivity index (χ1) is 19.3. The number of urea groups is 1. The summed E-state index contributed by atoms with van der Waals surface area (Å²) in [5.41, 5.74) is 5.55. The summed E-state index contributed by atoms with van der Waals surface area (Å²) in [7, 11) is -4.08. The molecule has 10 nitrogen and oxygen atoms in total. The van der Waals surface area contributed by atoms with Crippen molar-refractivity contribution in [1.82, 2.24) is 24.6 Å². The molecule has 0 spiro atoms. The van der Waals surface area contributed by atoms with Gasteiger partial charge in [0.2, 0.25) is 5.91 Å². The first kappa shape index (κ1) is 29.7. The van der Waals surface area contributed by atoms with Crippen molar-refractivity contribution in [3.05, 3.63) is 77.2 Å². The average Bonchev–Trinajstić information content (AvgIpc) is 3.27. The SMILES string of the molecule is CCc1nc2c(C)cc(C)nc2n1-c1ccc(CCNC(=O)NS(=O)(=O)c2ccc(NC(=O)C(C)(C)C)cc2)cc1. The number of carbonyl (C=O) groups is 2. The molecular formula is C30H36N6O4S. The van der Waals surface area contributed by atoms with Gasteiger partial charge in [0.25, 0.3) is 10.0 Å². The molecule has 0 fully saturated rings. The molecule has 3 amide bonds. The van der Waals surface area contributed by atoms with Crippen molar-refractivity contribution in [3.8, 4) is 5.69 Å². The lowest BCUT2D eigenvalue weighted by atomic mass is 9.95. The molecule has 3 N–H and O–H groups in total. The minimum atomic E-state index is -4.08. The summed E-state index contributed by atoms with van der Waals surface area (Å²) in [6, 6.07) is 14.8. The van der Waals surface area contributed by atoms with Crippen molar-refractivity contribution >= 4 is 38.8 Å². The van der Waals surface area contributed by atoms with E-state index in [0.717, 1.165) is 45.9 Å². The number of sulfonamides is 1. The van der Waals surface area contributed by atoms with Crippen LogP contribution < -0.4 is 15.4 Å². The van der Waals surface area contributed by atoms with Crippen LogP contribution in [0.25, 0.3) is 16.9 Å². The van der Waals surface area contributed by atoms with E-state index in [1.807, 2.05) is 48.9 Å². The van der Waals surface area contributed by atoms with Gasteiger partial charge in [-0.25, -0.2) is 27.9 Å². The molecule has 4 rings (SSSR count). The number of carbonyl (C=O) groups excluding carboxylic acids is 2. The summed E-state index contributed by atoms with van der Waals surface area (Å²) in [5.74, 6) is 0.737. The third kappa shape index (κ3) is 6.91. The Bertz CT molecular complexity index is 1690. The van der Waals surface area contributed by atoms with Crippen molar-refractivity contribution in [3.63, 3.8) is 0 Å². The molecule has 4 aromatic rings. The van der Waals surface area contributed by atoms with Gasteiger partial charge in [-0.15, -0.1) is 0 Å². The molecule has 2 aromatic carbocycles. The summed E-state index contributed by atoms with van der Waals surface area (Å²) in [6.07, 6.45) is 1.27. The highest BCUT2D eigenvalue weighted by Gasteiger charge is 2.22. The van der Waals surface area contributed by atoms with Crippen molar-refractivity contribution < 1.29 is 18.0 Å². The standard InChI is InChI=1S/C30H36N6O4S/c1-7-25-34-26-19(2)18-20(3)32-27(26)36(25)23-12-8-21(9-13-23)16-17-31-29(38)35-41(39,40)24-14-10-22(11-15-24)33-28(37)30(4,5)6/h8-15,18H,7,16-17H2,1-6H3,(H,33,37)(H2,31,35,38). The van der Waals surface area contributed by atoms with Gasteiger partial charge in [-0.2, -0.15) is 0 Å².